The average Bonchev–Trinajstić information content (AvgIpc) is 3.04. The molecule has 0 amide bonds. The van der Waals surface area contributed by atoms with Crippen molar-refractivity contribution in [3.05, 3.63) is 29.1 Å². The molecule has 8 heteroatoms. The summed E-state index contributed by atoms with van der Waals surface area (Å²) in [6, 6.07) is 2.83. The second-order valence-corrected chi connectivity index (χ2v) is 11.7. The van der Waals surface area contributed by atoms with Crippen LogP contribution in [-0.2, 0) is 20.5 Å². The molecule has 1 aromatic carbocycles. The second-order valence-electron chi connectivity index (χ2n) is 11.2. The topological polar surface area (TPSA) is 54.0 Å². The summed E-state index contributed by atoms with van der Waals surface area (Å²) < 4.78 is 38.1. The van der Waals surface area contributed by atoms with Gasteiger partial charge in [0, 0.05) is 0 Å². The van der Waals surface area contributed by atoms with Gasteiger partial charge < -0.3 is 18.8 Å². The van der Waals surface area contributed by atoms with Gasteiger partial charge >= 0.3 is 13.1 Å². The summed E-state index contributed by atoms with van der Waals surface area (Å²) in [6.07, 6.45) is 2.46. The molecule has 5 rings (SSSR count). The van der Waals surface area contributed by atoms with Gasteiger partial charge in [0.25, 0.3) is 0 Å². The minimum Gasteiger partial charge on any atom is -0.495 e. The molecule has 0 spiro atoms. The molecule has 5 atom stereocenters. The largest absolute Gasteiger partial charge is 0.495 e. The molecular weight excluding hydrogens is 434 g/mol. The third-order valence-electron chi connectivity index (χ3n) is 7.67. The van der Waals surface area contributed by atoms with E-state index in [2.05, 4.69) is 20.8 Å². The first-order chi connectivity index (χ1) is 14.8. The van der Waals surface area contributed by atoms with E-state index in [-0.39, 0.29) is 28.4 Å². The zero-order valence-corrected chi connectivity index (χ0v) is 20.7. The summed E-state index contributed by atoms with van der Waals surface area (Å²) in [5, 5.41) is -0.524. The molecule has 3 saturated carbocycles. The van der Waals surface area contributed by atoms with Crippen molar-refractivity contribution >= 4 is 24.7 Å². The third-order valence-corrected chi connectivity index (χ3v) is 8.03. The zero-order chi connectivity index (χ0) is 23.6. The maximum Gasteiger partial charge on any atom is 0.477 e. The van der Waals surface area contributed by atoms with Gasteiger partial charge in [-0.25, -0.2) is 9.18 Å². The van der Waals surface area contributed by atoms with Crippen molar-refractivity contribution in [2.24, 2.45) is 17.3 Å². The molecule has 0 aromatic heterocycles. The maximum atomic E-state index is 14.6. The summed E-state index contributed by atoms with van der Waals surface area (Å²) in [6.45, 7) is 12.0. The third kappa shape index (κ3) is 3.84. The molecule has 4 aliphatic rings. The van der Waals surface area contributed by atoms with Crippen LogP contribution in [0, 0.1) is 23.1 Å². The van der Waals surface area contributed by atoms with Gasteiger partial charge in [0.05, 0.1) is 24.1 Å². The number of hydrogen-bond acceptors (Lipinski definition) is 5. The molecule has 1 heterocycles. The van der Waals surface area contributed by atoms with Crippen LogP contribution in [0.4, 0.5) is 4.39 Å². The van der Waals surface area contributed by atoms with E-state index in [1.807, 2.05) is 0 Å². The number of halogens is 2. The summed E-state index contributed by atoms with van der Waals surface area (Å²) in [4.78, 5) is 12.6. The molecule has 5 nitrogen and oxygen atoms in total. The molecule has 2 bridgehead atoms. The summed E-state index contributed by atoms with van der Waals surface area (Å²) in [5.74, 6) is -0.245. The second kappa shape index (κ2) is 7.88. The summed E-state index contributed by atoms with van der Waals surface area (Å²) in [7, 11) is 0.824. The van der Waals surface area contributed by atoms with E-state index < -0.39 is 29.8 Å². The Bertz CT molecular complexity index is 916. The molecule has 1 unspecified atom stereocenters. The van der Waals surface area contributed by atoms with E-state index in [4.69, 9.17) is 30.4 Å². The van der Waals surface area contributed by atoms with Crippen molar-refractivity contribution in [3.8, 4) is 5.75 Å². The van der Waals surface area contributed by atoms with Crippen LogP contribution in [0.2, 0.25) is 0 Å². The minimum atomic E-state index is -0.770. The van der Waals surface area contributed by atoms with Crippen LogP contribution in [0.5, 0.6) is 5.75 Å². The lowest BCUT2D eigenvalue weighted by atomic mass is 9.43. The highest BCUT2D eigenvalue weighted by Gasteiger charge is 2.68. The maximum absolute atomic E-state index is 14.6. The number of esters is 1. The van der Waals surface area contributed by atoms with Gasteiger partial charge in [-0.3, -0.25) is 0 Å². The molecule has 3 aliphatic carbocycles. The minimum absolute atomic E-state index is 0.0259. The number of methoxy groups -OCH3 is 1. The smallest absolute Gasteiger partial charge is 0.477 e. The van der Waals surface area contributed by atoms with Crippen LogP contribution in [0.15, 0.2) is 12.1 Å². The molecule has 176 valence electrons. The normalized spacial score (nSPS) is 31.5. The Morgan fingerprint density at radius 2 is 2.00 bits per heavy atom. The van der Waals surface area contributed by atoms with Gasteiger partial charge in [-0.05, 0) is 75.8 Å². The fourth-order valence-electron chi connectivity index (χ4n) is 5.87. The predicted octanol–water partition coefficient (Wildman–Crippen LogP) is 5.21. The van der Waals surface area contributed by atoms with Crippen LogP contribution in [0.1, 0.15) is 70.3 Å². The number of alkyl halides is 1. The number of ether oxygens (including phenoxy) is 2. The van der Waals surface area contributed by atoms with E-state index in [0.29, 0.717) is 23.8 Å². The van der Waals surface area contributed by atoms with E-state index >= 15 is 0 Å². The van der Waals surface area contributed by atoms with Gasteiger partial charge in [0.15, 0.2) is 0 Å². The zero-order valence-electron chi connectivity index (χ0n) is 20.0. The van der Waals surface area contributed by atoms with Crippen molar-refractivity contribution < 1.29 is 28.0 Å². The first-order valence-electron chi connectivity index (χ1n) is 11.3. The van der Waals surface area contributed by atoms with Gasteiger partial charge in [-0.1, -0.05) is 19.9 Å². The van der Waals surface area contributed by atoms with Crippen molar-refractivity contribution in [1.82, 2.24) is 0 Å². The molecule has 0 radical (unpaired) electrons. The number of benzene rings is 1. The first kappa shape index (κ1) is 23.8. The molecule has 1 aliphatic heterocycles. The summed E-state index contributed by atoms with van der Waals surface area (Å²) >= 11 is 6.77. The molecule has 0 N–H and O–H groups in total. The number of rotatable bonds is 5. The van der Waals surface area contributed by atoms with Gasteiger partial charge in [-0.15, -0.1) is 11.6 Å². The van der Waals surface area contributed by atoms with Crippen LogP contribution in [0.25, 0.3) is 0 Å². The van der Waals surface area contributed by atoms with Gasteiger partial charge in [-0.2, -0.15) is 0 Å². The fourth-order valence-corrected chi connectivity index (χ4v) is 6.15. The van der Waals surface area contributed by atoms with E-state index in [0.717, 1.165) is 12.8 Å². The van der Waals surface area contributed by atoms with Crippen molar-refractivity contribution in [1.29, 1.82) is 0 Å². The quantitative estimate of drug-likeness (QED) is 0.339. The monoisotopic (exact) mass is 466 g/mol. The lowest BCUT2D eigenvalue weighted by Gasteiger charge is -2.64. The lowest BCUT2D eigenvalue weighted by molar-refractivity contribution is -0.199. The molecule has 1 saturated heterocycles. The molecule has 4 fully saturated rings. The first-order valence-corrected chi connectivity index (χ1v) is 11.8. The van der Waals surface area contributed by atoms with Crippen LogP contribution in [-0.4, -0.2) is 42.8 Å². The van der Waals surface area contributed by atoms with Crippen molar-refractivity contribution in [3.63, 3.8) is 0 Å². The Hall–Kier alpha value is -1.31. The standard InChI is InChI=1S/C24H33BClFO5/c1-22(2,3)30-21(28)19-15(27)9-8-13(20(19)29-7)10-18(26)25-31-17-12-14-11-16(23(14,4)5)24(17,6)32-25/h8-9,14,16-18H,10-12H2,1-7H3/t14-,16-,17?,18+,24-/m0/s1. The Morgan fingerprint density at radius 1 is 1.31 bits per heavy atom. The molecular formula is C24H33BClFO5. The highest BCUT2D eigenvalue weighted by molar-refractivity contribution is 6.60. The Kier molecular flexibility index (Phi) is 5.87. The van der Waals surface area contributed by atoms with Gasteiger partial charge in [0.2, 0.25) is 0 Å². The van der Waals surface area contributed by atoms with Crippen molar-refractivity contribution in [2.45, 2.75) is 83.4 Å². The number of carbonyl (C=O) groups is 1. The molecule has 1 aromatic rings. The fraction of sp³-hybridized carbons (Fsp3) is 0.708. The van der Waals surface area contributed by atoms with Gasteiger partial charge in [0.1, 0.15) is 22.7 Å². The Balaban J connectivity index is 1.54. The molecule has 32 heavy (non-hydrogen) atoms. The van der Waals surface area contributed by atoms with Crippen LogP contribution < -0.4 is 4.74 Å². The highest BCUT2D eigenvalue weighted by Crippen LogP contribution is 2.65. The van der Waals surface area contributed by atoms with E-state index in [1.54, 1.807) is 26.8 Å². The highest BCUT2D eigenvalue weighted by atomic mass is 35.5. The lowest BCUT2D eigenvalue weighted by Crippen LogP contribution is -2.65. The van der Waals surface area contributed by atoms with E-state index in [9.17, 15) is 9.18 Å². The van der Waals surface area contributed by atoms with Crippen LogP contribution >= 0.6 is 11.6 Å². The number of carbonyl (C=O) groups excluding carboxylic acids is 1. The summed E-state index contributed by atoms with van der Waals surface area (Å²) in [5.41, 5.74) is -0.490. The Morgan fingerprint density at radius 3 is 2.59 bits per heavy atom. The van der Waals surface area contributed by atoms with Crippen molar-refractivity contribution in [2.75, 3.05) is 7.11 Å². The Labute approximate surface area is 195 Å². The number of hydrogen-bond donors (Lipinski definition) is 0. The SMILES string of the molecule is COc1c(C[C@@H](Cl)B2OC3C[C@@H]4C[C@@H](C4(C)C)[C@]3(C)O2)ccc(F)c1C(=O)OC(C)(C)C. The average molecular weight is 467 g/mol. The van der Waals surface area contributed by atoms with E-state index in [1.165, 1.54) is 13.2 Å². The predicted molar refractivity (Wildman–Crippen MR) is 122 cm³/mol. The van der Waals surface area contributed by atoms with Crippen LogP contribution in [0.3, 0.4) is 0 Å².